The number of rotatable bonds is 2. The summed E-state index contributed by atoms with van der Waals surface area (Å²) in [5.41, 5.74) is 0. The lowest BCUT2D eigenvalue weighted by Gasteiger charge is -2.32. The van der Waals surface area contributed by atoms with E-state index >= 15 is 0 Å². The summed E-state index contributed by atoms with van der Waals surface area (Å²) in [6.45, 7) is 2.82. The second-order valence-electron chi connectivity index (χ2n) is 5.11. The van der Waals surface area contributed by atoms with Crippen molar-refractivity contribution < 1.29 is 9.59 Å². The minimum absolute atomic E-state index is 0.0174. The molecule has 5 nitrogen and oxygen atoms in total. The van der Waals surface area contributed by atoms with Crippen LogP contribution in [0.4, 0.5) is 0 Å². The quantitative estimate of drug-likeness (QED) is 0.623. The van der Waals surface area contributed by atoms with Crippen molar-refractivity contribution in [3.05, 3.63) is 0 Å². The smallest absolute Gasteiger partial charge is 0.239 e. The van der Waals surface area contributed by atoms with Crippen molar-refractivity contribution in [2.45, 2.75) is 44.7 Å². The summed E-state index contributed by atoms with van der Waals surface area (Å²) in [7, 11) is 0. The van der Waals surface area contributed by atoms with Gasteiger partial charge in [0.25, 0.3) is 0 Å². The first-order valence-corrected chi connectivity index (χ1v) is 6.47. The summed E-state index contributed by atoms with van der Waals surface area (Å²) >= 11 is 0. The Labute approximate surface area is 102 Å². The van der Waals surface area contributed by atoms with E-state index in [1.807, 2.05) is 0 Å². The predicted octanol–water partition coefficient (Wildman–Crippen LogP) is -0.231. The highest BCUT2D eigenvalue weighted by molar-refractivity contribution is 5.86. The molecule has 3 unspecified atom stereocenters. The third-order valence-corrected chi connectivity index (χ3v) is 3.77. The first kappa shape index (κ1) is 12.4. The van der Waals surface area contributed by atoms with Crippen molar-refractivity contribution in [1.82, 2.24) is 16.0 Å². The maximum absolute atomic E-state index is 12.0. The molecular weight excluding hydrogens is 218 g/mol. The van der Waals surface area contributed by atoms with Gasteiger partial charge < -0.3 is 10.6 Å². The standard InChI is InChI=1S/C12H21N3O2/c1-8-4-2-3-5-9(8)15-12(17)10-6-14-11(16)7-13-10/h8-10,13H,2-7H2,1H3,(H,14,16)(H,15,17). The number of amides is 2. The monoisotopic (exact) mass is 239 g/mol. The largest absolute Gasteiger partial charge is 0.353 e. The summed E-state index contributed by atoms with van der Waals surface area (Å²) in [6, 6.07) is 0.0255. The number of hydrogen-bond donors (Lipinski definition) is 3. The van der Waals surface area contributed by atoms with Crippen molar-refractivity contribution in [2.24, 2.45) is 5.92 Å². The van der Waals surface area contributed by atoms with Gasteiger partial charge in [0.1, 0.15) is 6.04 Å². The van der Waals surface area contributed by atoms with E-state index in [9.17, 15) is 9.59 Å². The van der Waals surface area contributed by atoms with Gasteiger partial charge in [0, 0.05) is 12.6 Å². The average molecular weight is 239 g/mol. The predicted molar refractivity (Wildman–Crippen MR) is 64.4 cm³/mol. The second kappa shape index (κ2) is 5.49. The maximum atomic E-state index is 12.0. The molecule has 96 valence electrons. The fourth-order valence-electron chi connectivity index (χ4n) is 2.57. The van der Waals surface area contributed by atoms with E-state index in [1.165, 1.54) is 19.3 Å². The van der Waals surface area contributed by atoms with Gasteiger partial charge in [-0.25, -0.2) is 0 Å². The Morgan fingerprint density at radius 3 is 2.76 bits per heavy atom. The van der Waals surface area contributed by atoms with E-state index in [0.29, 0.717) is 18.5 Å². The molecule has 0 aromatic rings. The zero-order valence-electron chi connectivity index (χ0n) is 10.3. The van der Waals surface area contributed by atoms with Gasteiger partial charge in [-0.3, -0.25) is 14.9 Å². The van der Waals surface area contributed by atoms with Gasteiger partial charge in [-0.15, -0.1) is 0 Å². The highest BCUT2D eigenvalue weighted by atomic mass is 16.2. The Kier molecular flexibility index (Phi) is 3.99. The van der Waals surface area contributed by atoms with Crippen LogP contribution < -0.4 is 16.0 Å². The molecule has 1 saturated heterocycles. The number of hydrogen-bond acceptors (Lipinski definition) is 3. The molecule has 5 heteroatoms. The van der Waals surface area contributed by atoms with Crippen LogP contribution in [0.2, 0.25) is 0 Å². The zero-order chi connectivity index (χ0) is 12.3. The van der Waals surface area contributed by atoms with E-state index in [4.69, 9.17) is 0 Å². The third-order valence-electron chi connectivity index (χ3n) is 3.77. The van der Waals surface area contributed by atoms with E-state index in [0.717, 1.165) is 6.42 Å². The lowest BCUT2D eigenvalue weighted by atomic mass is 9.86. The normalized spacial score (nSPS) is 33.9. The zero-order valence-corrected chi connectivity index (χ0v) is 10.3. The Morgan fingerprint density at radius 1 is 1.35 bits per heavy atom. The molecule has 3 N–H and O–H groups in total. The van der Waals surface area contributed by atoms with Crippen molar-refractivity contribution in [2.75, 3.05) is 13.1 Å². The summed E-state index contributed by atoms with van der Waals surface area (Å²) in [6.07, 6.45) is 4.74. The minimum Gasteiger partial charge on any atom is -0.353 e. The van der Waals surface area contributed by atoms with Crippen molar-refractivity contribution in [3.63, 3.8) is 0 Å². The number of nitrogens with one attached hydrogen (secondary N) is 3. The highest BCUT2D eigenvalue weighted by Gasteiger charge is 2.28. The number of carbonyl (C=O) groups is 2. The van der Waals surface area contributed by atoms with Gasteiger partial charge in [-0.2, -0.15) is 0 Å². The molecule has 0 radical (unpaired) electrons. The van der Waals surface area contributed by atoms with Crippen LogP contribution in [0, 0.1) is 5.92 Å². The third kappa shape index (κ3) is 3.19. The lowest BCUT2D eigenvalue weighted by molar-refractivity contribution is -0.127. The van der Waals surface area contributed by atoms with Crippen LogP contribution in [0.3, 0.4) is 0 Å². The van der Waals surface area contributed by atoms with Crippen LogP contribution in [0.25, 0.3) is 0 Å². The van der Waals surface area contributed by atoms with Gasteiger partial charge in [0.2, 0.25) is 11.8 Å². The van der Waals surface area contributed by atoms with Gasteiger partial charge in [0.05, 0.1) is 6.54 Å². The Balaban J connectivity index is 1.81. The first-order valence-electron chi connectivity index (χ1n) is 6.47. The Morgan fingerprint density at radius 2 is 2.12 bits per heavy atom. The molecule has 0 spiro atoms. The minimum atomic E-state index is -0.276. The number of piperazine rings is 1. The molecule has 1 aliphatic heterocycles. The van der Waals surface area contributed by atoms with E-state index < -0.39 is 0 Å². The summed E-state index contributed by atoms with van der Waals surface area (Å²) in [4.78, 5) is 23.0. The molecule has 0 aromatic heterocycles. The summed E-state index contributed by atoms with van der Waals surface area (Å²) < 4.78 is 0. The van der Waals surface area contributed by atoms with Crippen molar-refractivity contribution >= 4 is 11.8 Å². The van der Waals surface area contributed by atoms with Crippen LogP contribution in [0.5, 0.6) is 0 Å². The molecule has 2 amide bonds. The van der Waals surface area contributed by atoms with Crippen LogP contribution in [-0.2, 0) is 9.59 Å². The van der Waals surface area contributed by atoms with Gasteiger partial charge in [0.15, 0.2) is 0 Å². The van der Waals surface area contributed by atoms with E-state index in [2.05, 4.69) is 22.9 Å². The maximum Gasteiger partial charge on any atom is 0.239 e. The number of carbonyl (C=O) groups excluding carboxylic acids is 2. The molecule has 2 rings (SSSR count). The average Bonchev–Trinajstić information content (AvgIpc) is 2.33. The Hall–Kier alpha value is -1.10. The lowest BCUT2D eigenvalue weighted by Crippen LogP contribution is -2.59. The van der Waals surface area contributed by atoms with Crippen molar-refractivity contribution in [3.8, 4) is 0 Å². The molecule has 0 bridgehead atoms. The molecule has 1 aliphatic carbocycles. The van der Waals surface area contributed by atoms with Crippen LogP contribution in [0.1, 0.15) is 32.6 Å². The molecule has 2 fully saturated rings. The SMILES string of the molecule is CC1CCCCC1NC(=O)C1CNC(=O)CN1. The molecular formula is C12H21N3O2. The molecule has 17 heavy (non-hydrogen) atoms. The topological polar surface area (TPSA) is 70.2 Å². The van der Waals surface area contributed by atoms with Gasteiger partial charge >= 0.3 is 0 Å². The van der Waals surface area contributed by atoms with Crippen LogP contribution in [0.15, 0.2) is 0 Å². The highest BCUT2D eigenvalue weighted by Crippen LogP contribution is 2.23. The molecule has 1 saturated carbocycles. The second-order valence-corrected chi connectivity index (χ2v) is 5.11. The van der Waals surface area contributed by atoms with Gasteiger partial charge in [-0.05, 0) is 18.8 Å². The van der Waals surface area contributed by atoms with E-state index in [1.54, 1.807) is 0 Å². The fraction of sp³-hybridized carbons (Fsp3) is 0.833. The van der Waals surface area contributed by atoms with Crippen molar-refractivity contribution in [1.29, 1.82) is 0 Å². The van der Waals surface area contributed by atoms with E-state index in [-0.39, 0.29) is 24.4 Å². The molecule has 3 atom stereocenters. The van der Waals surface area contributed by atoms with Gasteiger partial charge in [-0.1, -0.05) is 19.8 Å². The summed E-state index contributed by atoms with van der Waals surface area (Å²) in [5, 5.41) is 8.75. The molecule has 0 aromatic carbocycles. The molecule has 2 aliphatic rings. The first-order chi connectivity index (χ1) is 8.16. The van der Waals surface area contributed by atoms with Crippen LogP contribution in [-0.4, -0.2) is 37.0 Å². The fourth-order valence-corrected chi connectivity index (χ4v) is 2.57. The summed E-state index contributed by atoms with van der Waals surface area (Å²) in [5.74, 6) is 0.537. The van der Waals surface area contributed by atoms with Crippen LogP contribution >= 0.6 is 0 Å². The Bertz CT molecular complexity index is 296. The molecule has 1 heterocycles.